The average Bonchev–Trinajstić information content (AvgIpc) is 2.66. The SMILES string of the molecule is C=CCc1cc(OC)c2c(c1)O[C@H](C)[C@H](c1ccc(OC)c(OC)c1)O2. The highest BCUT2D eigenvalue weighted by Gasteiger charge is 2.32. The molecular weight excluding hydrogens is 332 g/mol. The zero-order valence-electron chi connectivity index (χ0n) is 15.6. The molecule has 0 amide bonds. The highest BCUT2D eigenvalue weighted by Crippen LogP contribution is 2.47. The van der Waals surface area contributed by atoms with Gasteiger partial charge in [-0.2, -0.15) is 0 Å². The lowest BCUT2D eigenvalue weighted by Gasteiger charge is -2.33. The summed E-state index contributed by atoms with van der Waals surface area (Å²) >= 11 is 0. The minimum atomic E-state index is -0.290. The van der Waals surface area contributed by atoms with Gasteiger partial charge in [0.1, 0.15) is 6.10 Å². The van der Waals surface area contributed by atoms with E-state index in [4.69, 9.17) is 23.7 Å². The molecule has 0 radical (unpaired) electrons. The van der Waals surface area contributed by atoms with Gasteiger partial charge >= 0.3 is 0 Å². The first-order chi connectivity index (χ1) is 12.6. The van der Waals surface area contributed by atoms with Gasteiger partial charge in [-0.25, -0.2) is 0 Å². The summed E-state index contributed by atoms with van der Waals surface area (Å²) in [6.07, 6.45) is 2.12. The van der Waals surface area contributed by atoms with Crippen molar-refractivity contribution >= 4 is 0 Å². The molecule has 5 heteroatoms. The van der Waals surface area contributed by atoms with Crippen LogP contribution in [-0.2, 0) is 6.42 Å². The molecule has 2 aromatic carbocycles. The van der Waals surface area contributed by atoms with Crippen LogP contribution in [0.2, 0.25) is 0 Å². The van der Waals surface area contributed by atoms with E-state index >= 15 is 0 Å². The molecule has 0 spiro atoms. The van der Waals surface area contributed by atoms with E-state index in [0.29, 0.717) is 28.7 Å². The lowest BCUT2D eigenvalue weighted by atomic mass is 10.0. The summed E-state index contributed by atoms with van der Waals surface area (Å²) < 4.78 is 28.7. The van der Waals surface area contributed by atoms with E-state index in [2.05, 4.69) is 6.58 Å². The number of fused-ring (bicyclic) bond motifs is 1. The highest BCUT2D eigenvalue weighted by atomic mass is 16.6. The summed E-state index contributed by atoms with van der Waals surface area (Å²) in [4.78, 5) is 0. The van der Waals surface area contributed by atoms with Crippen LogP contribution in [-0.4, -0.2) is 27.4 Å². The molecule has 26 heavy (non-hydrogen) atoms. The van der Waals surface area contributed by atoms with Crippen LogP contribution >= 0.6 is 0 Å². The Morgan fingerprint density at radius 1 is 0.962 bits per heavy atom. The molecule has 0 aromatic heterocycles. The van der Waals surface area contributed by atoms with Crippen molar-refractivity contribution in [1.82, 2.24) is 0 Å². The summed E-state index contributed by atoms with van der Waals surface area (Å²) in [7, 11) is 4.85. The number of benzene rings is 2. The molecule has 2 aromatic rings. The third-order valence-corrected chi connectivity index (χ3v) is 4.40. The van der Waals surface area contributed by atoms with Crippen LogP contribution in [0.25, 0.3) is 0 Å². The molecule has 1 aliphatic heterocycles. The van der Waals surface area contributed by atoms with Crippen molar-refractivity contribution in [3.8, 4) is 28.7 Å². The van der Waals surface area contributed by atoms with E-state index in [0.717, 1.165) is 17.5 Å². The van der Waals surface area contributed by atoms with Gasteiger partial charge in [-0.1, -0.05) is 12.1 Å². The number of allylic oxidation sites excluding steroid dienone is 1. The van der Waals surface area contributed by atoms with Crippen molar-refractivity contribution in [2.45, 2.75) is 25.6 Å². The Balaban J connectivity index is 1.98. The lowest BCUT2D eigenvalue weighted by Crippen LogP contribution is -2.31. The first kappa shape index (κ1) is 18.0. The second kappa shape index (κ2) is 7.60. The van der Waals surface area contributed by atoms with Crippen LogP contribution in [0.5, 0.6) is 28.7 Å². The van der Waals surface area contributed by atoms with E-state index in [9.17, 15) is 0 Å². The molecule has 0 saturated carbocycles. The predicted octanol–water partition coefficient (Wildman–Crippen LogP) is 4.34. The molecule has 1 aliphatic rings. The molecule has 0 unspecified atom stereocenters. The Morgan fingerprint density at radius 3 is 2.35 bits per heavy atom. The van der Waals surface area contributed by atoms with Gasteiger partial charge in [0, 0.05) is 5.56 Å². The van der Waals surface area contributed by atoms with Crippen molar-refractivity contribution in [3.05, 3.63) is 54.1 Å². The van der Waals surface area contributed by atoms with Gasteiger partial charge in [0.05, 0.1) is 21.3 Å². The molecule has 5 nitrogen and oxygen atoms in total. The van der Waals surface area contributed by atoms with Gasteiger partial charge < -0.3 is 23.7 Å². The second-order valence-electron chi connectivity index (χ2n) is 6.09. The molecule has 0 fully saturated rings. The average molecular weight is 356 g/mol. The Bertz CT molecular complexity index is 799. The van der Waals surface area contributed by atoms with Crippen molar-refractivity contribution in [2.24, 2.45) is 0 Å². The number of rotatable bonds is 6. The van der Waals surface area contributed by atoms with Gasteiger partial charge in [0.2, 0.25) is 5.75 Å². The van der Waals surface area contributed by atoms with Crippen LogP contribution in [0, 0.1) is 0 Å². The molecular formula is C21H24O5. The fourth-order valence-corrected chi connectivity index (χ4v) is 3.12. The van der Waals surface area contributed by atoms with E-state index < -0.39 is 0 Å². The summed E-state index contributed by atoms with van der Waals surface area (Å²) in [5.74, 6) is 3.27. The minimum Gasteiger partial charge on any atom is -0.493 e. The molecule has 2 atom stereocenters. The number of hydrogen-bond donors (Lipinski definition) is 0. The monoisotopic (exact) mass is 356 g/mol. The van der Waals surface area contributed by atoms with Crippen molar-refractivity contribution in [3.63, 3.8) is 0 Å². The number of methoxy groups -OCH3 is 3. The van der Waals surface area contributed by atoms with Gasteiger partial charge in [0.25, 0.3) is 0 Å². The number of ether oxygens (including phenoxy) is 5. The third kappa shape index (κ3) is 3.29. The largest absolute Gasteiger partial charge is 0.493 e. The normalized spacial score (nSPS) is 18.2. The maximum atomic E-state index is 6.29. The van der Waals surface area contributed by atoms with Crippen molar-refractivity contribution < 1.29 is 23.7 Å². The van der Waals surface area contributed by atoms with Gasteiger partial charge in [-0.3, -0.25) is 0 Å². The van der Waals surface area contributed by atoms with Crippen LogP contribution in [0.3, 0.4) is 0 Å². The molecule has 138 valence electrons. The van der Waals surface area contributed by atoms with Crippen LogP contribution < -0.4 is 23.7 Å². The van der Waals surface area contributed by atoms with Gasteiger partial charge in [-0.15, -0.1) is 6.58 Å². The quantitative estimate of drug-likeness (QED) is 0.721. The zero-order valence-corrected chi connectivity index (χ0v) is 15.6. The lowest BCUT2D eigenvalue weighted by molar-refractivity contribution is 0.0278. The van der Waals surface area contributed by atoms with Crippen molar-refractivity contribution in [2.75, 3.05) is 21.3 Å². The Hall–Kier alpha value is -2.82. The second-order valence-corrected chi connectivity index (χ2v) is 6.09. The predicted molar refractivity (Wildman–Crippen MR) is 99.9 cm³/mol. The summed E-state index contributed by atoms with van der Waals surface area (Å²) in [6, 6.07) is 9.65. The van der Waals surface area contributed by atoms with E-state index in [1.54, 1.807) is 21.3 Å². The first-order valence-corrected chi connectivity index (χ1v) is 8.48. The fraction of sp³-hybridized carbons (Fsp3) is 0.333. The summed E-state index contributed by atoms with van der Waals surface area (Å²) in [5.41, 5.74) is 2.01. The molecule has 3 rings (SSSR count). The Labute approximate surface area is 154 Å². The zero-order chi connectivity index (χ0) is 18.7. The molecule has 1 heterocycles. The van der Waals surface area contributed by atoms with E-state index in [1.807, 2.05) is 43.3 Å². The van der Waals surface area contributed by atoms with Crippen LogP contribution in [0.4, 0.5) is 0 Å². The molecule has 0 aliphatic carbocycles. The standard InChI is InChI=1S/C21H24O5/c1-6-7-14-10-18(24-5)21-19(11-14)25-13(2)20(26-21)15-8-9-16(22-3)17(12-15)23-4/h6,8-13,20H,1,7H2,2-5H3/t13-,20-/m1/s1. The summed E-state index contributed by atoms with van der Waals surface area (Å²) in [5, 5.41) is 0. The smallest absolute Gasteiger partial charge is 0.204 e. The topological polar surface area (TPSA) is 46.2 Å². The minimum absolute atomic E-state index is 0.177. The molecule has 0 N–H and O–H groups in total. The maximum Gasteiger partial charge on any atom is 0.204 e. The molecule has 0 bridgehead atoms. The van der Waals surface area contributed by atoms with E-state index in [1.165, 1.54) is 0 Å². The maximum absolute atomic E-state index is 6.29. The van der Waals surface area contributed by atoms with Gasteiger partial charge in [-0.05, 0) is 43.2 Å². The van der Waals surface area contributed by atoms with Gasteiger partial charge in [0.15, 0.2) is 29.1 Å². The van der Waals surface area contributed by atoms with Crippen molar-refractivity contribution in [1.29, 1.82) is 0 Å². The highest BCUT2D eigenvalue weighted by molar-refractivity contribution is 5.56. The number of hydrogen-bond acceptors (Lipinski definition) is 5. The van der Waals surface area contributed by atoms with Crippen LogP contribution in [0.1, 0.15) is 24.2 Å². The Kier molecular flexibility index (Phi) is 5.26. The molecule has 0 saturated heterocycles. The first-order valence-electron chi connectivity index (χ1n) is 8.48. The summed E-state index contributed by atoms with van der Waals surface area (Å²) in [6.45, 7) is 5.77. The Morgan fingerprint density at radius 2 is 1.69 bits per heavy atom. The van der Waals surface area contributed by atoms with E-state index in [-0.39, 0.29) is 12.2 Å². The third-order valence-electron chi connectivity index (χ3n) is 4.40. The fourth-order valence-electron chi connectivity index (χ4n) is 3.12. The van der Waals surface area contributed by atoms with Crippen LogP contribution in [0.15, 0.2) is 43.0 Å².